The fourth-order valence-electron chi connectivity index (χ4n) is 4.20. The summed E-state index contributed by atoms with van der Waals surface area (Å²) >= 11 is 1.86. The van der Waals surface area contributed by atoms with Gasteiger partial charge in [0.05, 0.1) is 25.8 Å². The zero-order valence-electron chi connectivity index (χ0n) is 17.7. The minimum Gasteiger partial charge on any atom is -0.379 e. The topological polar surface area (TPSA) is 52.1 Å². The molecule has 0 aliphatic carbocycles. The number of guanidine groups is 1. The van der Waals surface area contributed by atoms with Gasteiger partial charge in [-0.25, -0.2) is 0 Å². The molecule has 158 valence electrons. The first kappa shape index (κ1) is 21.6. The monoisotopic (exact) mass is 407 g/mol. The molecule has 0 bridgehead atoms. The molecule has 3 atom stereocenters. The highest BCUT2D eigenvalue weighted by molar-refractivity contribution is 7.10. The van der Waals surface area contributed by atoms with E-state index in [-0.39, 0.29) is 0 Å². The van der Waals surface area contributed by atoms with Crippen molar-refractivity contribution < 1.29 is 4.74 Å². The van der Waals surface area contributed by atoms with Crippen molar-refractivity contribution in [2.75, 3.05) is 52.5 Å². The molecule has 3 unspecified atom stereocenters. The van der Waals surface area contributed by atoms with Crippen LogP contribution in [0.3, 0.4) is 0 Å². The summed E-state index contributed by atoms with van der Waals surface area (Å²) in [5, 5.41) is 9.22. The summed E-state index contributed by atoms with van der Waals surface area (Å²) in [6, 6.07) is 5.74. The van der Waals surface area contributed by atoms with E-state index in [1.807, 2.05) is 11.3 Å². The molecule has 1 aromatic rings. The Bertz CT molecular complexity index is 588. The van der Waals surface area contributed by atoms with E-state index in [1.165, 1.54) is 30.8 Å². The maximum atomic E-state index is 5.57. The number of nitrogens with zero attached hydrogens (tertiary/aromatic N) is 3. The van der Waals surface area contributed by atoms with E-state index in [1.54, 1.807) is 0 Å². The van der Waals surface area contributed by atoms with E-state index in [9.17, 15) is 0 Å². The normalized spacial score (nSPS) is 24.2. The van der Waals surface area contributed by atoms with Crippen molar-refractivity contribution in [3.63, 3.8) is 0 Å². The van der Waals surface area contributed by atoms with Gasteiger partial charge in [0.25, 0.3) is 0 Å². The van der Waals surface area contributed by atoms with E-state index in [0.717, 1.165) is 45.4 Å². The lowest BCUT2D eigenvalue weighted by Gasteiger charge is -2.37. The van der Waals surface area contributed by atoms with Crippen LogP contribution in [0.5, 0.6) is 0 Å². The van der Waals surface area contributed by atoms with Crippen LogP contribution in [-0.4, -0.2) is 80.3 Å². The summed E-state index contributed by atoms with van der Waals surface area (Å²) in [4.78, 5) is 11.5. The predicted octanol–water partition coefficient (Wildman–Crippen LogP) is 2.55. The van der Waals surface area contributed by atoms with Gasteiger partial charge in [-0.15, -0.1) is 11.3 Å². The first-order chi connectivity index (χ1) is 13.7. The van der Waals surface area contributed by atoms with Gasteiger partial charge in [0.1, 0.15) is 0 Å². The first-order valence-corrected chi connectivity index (χ1v) is 11.7. The van der Waals surface area contributed by atoms with Crippen molar-refractivity contribution in [3.8, 4) is 0 Å². The summed E-state index contributed by atoms with van der Waals surface area (Å²) in [5.41, 5.74) is 0. The molecular weight excluding hydrogens is 370 g/mol. The summed E-state index contributed by atoms with van der Waals surface area (Å²) in [5.74, 6) is 0.927. The maximum absolute atomic E-state index is 5.57. The minimum absolute atomic E-state index is 0.418. The van der Waals surface area contributed by atoms with Gasteiger partial charge in [0.15, 0.2) is 5.96 Å². The molecule has 2 N–H and O–H groups in total. The fraction of sp³-hybridized carbons (Fsp3) is 0.762. The highest BCUT2D eigenvalue weighted by Crippen LogP contribution is 2.27. The minimum atomic E-state index is 0.418. The van der Waals surface area contributed by atoms with Crippen LogP contribution in [0.15, 0.2) is 22.5 Å². The molecular formula is C21H37N5OS. The van der Waals surface area contributed by atoms with Crippen molar-refractivity contribution in [2.24, 2.45) is 4.99 Å². The predicted molar refractivity (Wildman–Crippen MR) is 118 cm³/mol. The van der Waals surface area contributed by atoms with E-state index in [2.05, 4.69) is 58.7 Å². The Morgan fingerprint density at radius 2 is 2.14 bits per heavy atom. The molecule has 1 aromatic heterocycles. The van der Waals surface area contributed by atoms with Crippen LogP contribution in [0.1, 0.15) is 44.5 Å². The van der Waals surface area contributed by atoms with Gasteiger partial charge in [0, 0.05) is 36.6 Å². The van der Waals surface area contributed by atoms with E-state index < -0.39 is 0 Å². The van der Waals surface area contributed by atoms with Gasteiger partial charge in [-0.2, -0.15) is 0 Å². The highest BCUT2D eigenvalue weighted by atomic mass is 32.1. The van der Waals surface area contributed by atoms with Crippen molar-refractivity contribution in [1.82, 2.24) is 20.4 Å². The standard InChI is InChI=1S/C21H37N5OS/c1-4-22-21(23-14-17(2)26-11-12-27-16-18(26)3)24-15-19(20-8-7-13-28-20)25-9-5-6-10-25/h7-8,13,17-19H,4-6,9-12,14-16H2,1-3H3,(H2,22,23,24). The Kier molecular flexibility index (Phi) is 8.58. The molecule has 3 rings (SSSR count). The summed E-state index contributed by atoms with van der Waals surface area (Å²) < 4.78 is 5.57. The largest absolute Gasteiger partial charge is 0.379 e. The number of likely N-dealkylation sites (tertiary alicyclic amines) is 1. The molecule has 3 heterocycles. The molecule has 2 fully saturated rings. The Hall–Kier alpha value is -1.15. The fourth-order valence-corrected chi connectivity index (χ4v) is 5.06. The van der Waals surface area contributed by atoms with Gasteiger partial charge in [-0.1, -0.05) is 6.07 Å². The van der Waals surface area contributed by atoms with Gasteiger partial charge >= 0.3 is 0 Å². The Morgan fingerprint density at radius 3 is 2.82 bits per heavy atom. The zero-order chi connectivity index (χ0) is 19.8. The average molecular weight is 408 g/mol. The quantitative estimate of drug-likeness (QED) is 0.512. The molecule has 2 saturated heterocycles. The van der Waals surface area contributed by atoms with Crippen molar-refractivity contribution in [1.29, 1.82) is 0 Å². The van der Waals surface area contributed by atoms with E-state index >= 15 is 0 Å². The molecule has 0 radical (unpaired) electrons. The molecule has 0 aromatic carbocycles. The van der Waals surface area contributed by atoms with E-state index in [0.29, 0.717) is 18.1 Å². The Labute approximate surface area is 174 Å². The third kappa shape index (κ3) is 5.92. The Morgan fingerprint density at radius 1 is 1.32 bits per heavy atom. The number of thiophene rings is 1. The summed E-state index contributed by atoms with van der Waals surface area (Å²) in [6.45, 7) is 14.3. The van der Waals surface area contributed by atoms with Gasteiger partial charge in [-0.05, 0) is 58.1 Å². The van der Waals surface area contributed by atoms with Crippen LogP contribution < -0.4 is 10.6 Å². The SMILES string of the molecule is CCNC(=NCC(C)N1CCOCC1C)NCC(c1cccs1)N1CCCC1. The number of rotatable bonds is 8. The molecule has 0 saturated carbocycles. The number of hydrogen-bond donors (Lipinski definition) is 2. The molecule has 2 aliphatic heterocycles. The van der Waals surface area contributed by atoms with Crippen LogP contribution in [0.4, 0.5) is 0 Å². The number of morpholine rings is 1. The Balaban J connectivity index is 1.58. The van der Waals surface area contributed by atoms with Crippen LogP contribution in [0.25, 0.3) is 0 Å². The van der Waals surface area contributed by atoms with Crippen LogP contribution in [0, 0.1) is 0 Å². The smallest absolute Gasteiger partial charge is 0.191 e. The first-order valence-electron chi connectivity index (χ1n) is 10.8. The van der Waals surface area contributed by atoms with Crippen LogP contribution in [0.2, 0.25) is 0 Å². The third-order valence-electron chi connectivity index (χ3n) is 5.76. The molecule has 7 heteroatoms. The van der Waals surface area contributed by atoms with Crippen molar-refractivity contribution >= 4 is 17.3 Å². The molecule has 28 heavy (non-hydrogen) atoms. The number of ether oxygens (including phenoxy) is 1. The lowest BCUT2D eigenvalue weighted by atomic mass is 10.2. The number of aliphatic imine (C=N–C) groups is 1. The van der Waals surface area contributed by atoms with Gasteiger partial charge in [-0.3, -0.25) is 14.8 Å². The number of nitrogens with one attached hydrogen (secondary N) is 2. The lowest BCUT2D eigenvalue weighted by molar-refractivity contribution is -0.0165. The lowest BCUT2D eigenvalue weighted by Crippen LogP contribution is -2.50. The van der Waals surface area contributed by atoms with Crippen LogP contribution >= 0.6 is 11.3 Å². The van der Waals surface area contributed by atoms with Gasteiger partial charge < -0.3 is 15.4 Å². The third-order valence-corrected chi connectivity index (χ3v) is 6.73. The molecule has 6 nitrogen and oxygen atoms in total. The van der Waals surface area contributed by atoms with Crippen LogP contribution in [-0.2, 0) is 4.74 Å². The van der Waals surface area contributed by atoms with Gasteiger partial charge in [0.2, 0.25) is 0 Å². The van der Waals surface area contributed by atoms with Crippen molar-refractivity contribution in [2.45, 2.75) is 51.7 Å². The van der Waals surface area contributed by atoms with Crippen molar-refractivity contribution in [3.05, 3.63) is 22.4 Å². The summed E-state index contributed by atoms with van der Waals surface area (Å²) in [7, 11) is 0. The molecule has 0 spiro atoms. The molecule has 0 amide bonds. The maximum Gasteiger partial charge on any atom is 0.191 e. The second-order valence-electron chi connectivity index (χ2n) is 7.89. The zero-order valence-corrected chi connectivity index (χ0v) is 18.5. The average Bonchev–Trinajstić information content (AvgIpc) is 3.41. The number of hydrogen-bond acceptors (Lipinski definition) is 5. The highest BCUT2D eigenvalue weighted by Gasteiger charge is 2.25. The van der Waals surface area contributed by atoms with E-state index in [4.69, 9.17) is 9.73 Å². The summed E-state index contributed by atoms with van der Waals surface area (Å²) in [6.07, 6.45) is 2.62. The second kappa shape index (κ2) is 11.1. The molecule has 2 aliphatic rings. The second-order valence-corrected chi connectivity index (χ2v) is 8.86.